The van der Waals surface area contributed by atoms with Gasteiger partial charge in [-0.05, 0) is 49.8 Å². The highest BCUT2D eigenvalue weighted by Gasteiger charge is 2.42. The Morgan fingerprint density at radius 1 is 1.13 bits per heavy atom. The van der Waals surface area contributed by atoms with Crippen molar-refractivity contribution in [1.29, 1.82) is 0 Å². The predicted octanol–water partition coefficient (Wildman–Crippen LogP) is 3.28. The molecule has 2 unspecified atom stereocenters. The van der Waals surface area contributed by atoms with Gasteiger partial charge in [-0.3, -0.25) is 14.4 Å². The third kappa shape index (κ3) is 4.26. The van der Waals surface area contributed by atoms with Gasteiger partial charge in [-0.15, -0.1) is 11.3 Å². The molecule has 0 aliphatic carbocycles. The first-order chi connectivity index (χ1) is 14.5. The molecule has 1 N–H and O–H groups in total. The van der Waals surface area contributed by atoms with Gasteiger partial charge >= 0.3 is 0 Å². The average Bonchev–Trinajstić information content (AvgIpc) is 3.46. The van der Waals surface area contributed by atoms with Crippen molar-refractivity contribution in [3.8, 4) is 0 Å². The van der Waals surface area contributed by atoms with Crippen molar-refractivity contribution in [3.05, 3.63) is 52.2 Å². The molecule has 30 heavy (non-hydrogen) atoms. The van der Waals surface area contributed by atoms with E-state index < -0.39 is 5.92 Å². The third-order valence-electron chi connectivity index (χ3n) is 5.95. The van der Waals surface area contributed by atoms with E-state index in [9.17, 15) is 14.4 Å². The van der Waals surface area contributed by atoms with Crippen LogP contribution in [0.4, 0.5) is 5.69 Å². The van der Waals surface area contributed by atoms with Crippen LogP contribution in [-0.4, -0.2) is 42.3 Å². The second kappa shape index (κ2) is 9.00. The van der Waals surface area contributed by atoms with Gasteiger partial charge in [0.2, 0.25) is 17.7 Å². The summed E-state index contributed by atoms with van der Waals surface area (Å²) in [6.45, 7) is 3.56. The van der Waals surface area contributed by atoms with Crippen LogP contribution < -0.4 is 10.2 Å². The number of hydrogen-bond donors (Lipinski definition) is 1. The molecule has 4 rings (SSSR count). The molecule has 2 saturated heterocycles. The Bertz CT molecular complexity index is 904. The van der Waals surface area contributed by atoms with Crippen LogP contribution in [0.3, 0.4) is 0 Å². The number of likely N-dealkylation sites (tertiary alicyclic amines) is 1. The molecule has 2 atom stereocenters. The number of piperidine rings is 1. The first kappa shape index (κ1) is 20.6. The average molecular weight is 426 g/mol. The van der Waals surface area contributed by atoms with Crippen molar-refractivity contribution in [1.82, 2.24) is 10.2 Å². The van der Waals surface area contributed by atoms with E-state index in [1.54, 1.807) is 21.1 Å². The molecular weight excluding hydrogens is 398 g/mol. The molecule has 0 saturated carbocycles. The number of amides is 3. The van der Waals surface area contributed by atoms with Gasteiger partial charge in [0.05, 0.1) is 18.5 Å². The molecule has 1 aromatic heterocycles. The fraction of sp³-hybridized carbons (Fsp3) is 0.435. The van der Waals surface area contributed by atoms with Gasteiger partial charge < -0.3 is 15.1 Å². The van der Waals surface area contributed by atoms with Crippen molar-refractivity contribution in [2.45, 2.75) is 38.6 Å². The first-order valence-electron chi connectivity index (χ1n) is 10.5. The Morgan fingerprint density at radius 2 is 1.87 bits per heavy atom. The van der Waals surface area contributed by atoms with E-state index in [1.165, 1.54) is 0 Å². The molecule has 0 spiro atoms. The summed E-state index contributed by atoms with van der Waals surface area (Å²) in [6.07, 6.45) is 2.84. The largest absolute Gasteiger partial charge is 0.347 e. The van der Waals surface area contributed by atoms with Gasteiger partial charge in [0, 0.05) is 30.1 Å². The maximum Gasteiger partial charge on any atom is 0.241 e. The zero-order valence-electron chi connectivity index (χ0n) is 17.2. The topological polar surface area (TPSA) is 69.7 Å². The van der Waals surface area contributed by atoms with Crippen LogP contribution >= 0.6 is 11.3 Å². The fourth-order valence-corrected chi connectivity index (χ4v) is 5.21. The lowest BCUT2D eigenvalue weighted by Gasteiger charge is -2.40. The molecule has 0 radical (unpaired) electrons. The fourth-order valence-electron chi connectivity index (χ4n) is 4.33. The summed E-state index contributed by atoms with van der Waals surface area (Å²) >= 11 is 1.55. The number of anilines is 1. The SMILES string of the molecule is Cc1ccc(N2C(=O)CCC(C(=O)NCC(=O)N3CCCC3)C2c2cccs2)cc1. The molecule has 7 heteroatoms. The van der Waals surface area contributed by atoms with Gasteiger partial charge in [0.1, 0.15) is 0 Å². The smallest absolute Gasteiger partial charge is 0.241 e. The first-order valence-corrected chi connectivity index (χ1v) is 11.4. The molecular formula is C23H27N3O3S. The summed E-state index contributed by atoms with van der Waals surface area (Å²) in [4.78, 5) is 43.0. The number of aryl methyl sites for hydroxylation is 1. The second-order valence-electron chi connectivity index (χ2n) is 8.01. The summed E-state index contributed by atoms with van der Waals surface area (Å²) in [5.74, 6) is -0.565. The van der Waals surface area contributed by atoms with Crippen LogP contribution in [0, 0.1) is 12.8 Å². The van der Waals surface area contributed by atoms with Gasteiger partial charge in [0.25, 0.3) is 0 Å². The van der Waals surface area contributed by atoms with E-state index >= 15 is 0 Å². The number of hydrogen-bond acceptors (Lipinski definition) is 4. The maximum absolute atomic E-state index is 13.1. The van der Waals surface area contributed by atoms with Gasteiger partial charge in [-0.25, -0.2) is 0 Å². The van der Waals surface area contributed by atoms with Crippen LogP contribution in [0.15, 0.2) is 41.8 Å². The summed E-state index contributed by atoms with van der Waals surface area (Å²) in [5.41, 5.74) is 1.92. The standard InChI is InChI=1S/C23H27N3O3S/c1-16-6-8-17(9-7-16)26-20(27)11-10-18(22(26)19-5-4-14-30-19)23(29)24-15-21(28)25-12-2-3-13-25/h4-9,14,18,22H,2-3,10-13,15H2,1H3,(H,24,29). The van der Waals surface area contributed by atoms with E-state index in [-0.39, 0.29) is 30.3 Å². The lowest BCUT2D eigenvalue weighted by molar-refractivity contribution is -0.134. The highest BCUT2D eigenvalue weighted by Crippen LogP contribution is 2.41. The van der Waals surface area contributed by atoms with Crippen molar-refractivity contribution in [2.24, 2.45) is 5.92 Å². The monoisotopic (exact) mass is 425 g/mol. The highest BCUT2D eigenvalue weighted by molar-refractivity contribution is 7.10. The van der Waals surface area contributed by atoms with Gasteiger partial charge in [0.15, 0.2) is 0 Å². The Morgan fingerprint density at radius 3 is 2.53 bits per heavy atom. The predicted molar refractivity (Wildman–Crippen MR) is 117 cm³/mol. The Balaban J connectivity index is 1.56. The normalized spacial score (nSPS) is 21.7. The molecule has 2 aliphatic heterocycles. The van der Waals surface area contributed by atoms with Crippen molar-refractivity contribution >= 4 is 34.7 Å². The lowest BCUT2D eigenvalue weighted by Crippen LogP contribution is -2.49. The lowest BCUT2D eigenvalue weighted by atomic mass is 9.86. The van der Waals surface area contributed by atoms with E-state index in [1.807, 2.05) is 48.7 Å². The van der Waals surface area contributed by atoms with Crippen LogP contribution in [0.25, 0.3) is 0 Å². The Labute approximate surface area is 180 Å². The summed E-state index contributed by atoms with van der Waals surface area (Å²) in [6, 6.07) is 11.4. The molecule has 0 bridgehead atoms. The Kier molecular flexibility index (Phi) is 6.18. The van der Waals surface area contributed by atoms with Crippen LogP contribution in [0.2, 0.25) is 0 Å². The maximum atomic E-state index is 13.1. The number of carbonyl (C=O) groups excluding carboxylic acids is 3. The number of nitrogens with one attached hydrogen (secondary N) is 1. The summed E-state index contributed by atoms with van der Waals surface area (Å²) < 4.78 is 0. The molecule has 6 nitrogen and oxygen atoms in total. The van der Waals surface area contributed by atoms with E-state index in [4.69, 9.17) is 0 Å². The molecule has 3 amide bonds. The number of rotatable bonds is 5. The molecule has 2 fully saturated rings. The third-order valence-corrected chi connectivity index (χ3v) is 6.90. The number of benzene rings is 1. The second-order valence-corrected chi connectivity index (χ2v) is 8.99. The number of carbonyl (C=O) groups is 3. The molecule has 158 valence electrons. The molecule has 2 aliphatic rings. The van der Waals surface area contributed by atoms with Crippen LogP contribution in [-0.2, 0) is 14.4 Å². The van der Waals surface area contributed by atoms with E-state index in [2.05, 4.69) is 5.32 Å². The van der Waals surface area contributed by atoms with Gasteiger partial charge in [-0.2, -0.15) is 0 Å². The molecule has 1 aromatic carbocycles. The highest BCUT2D eigenvalue weighted by atomic mass is 32.1. The molecule has 3 heterocycles. The quantitative estimate of drug-likeness (QED) is 0.799. The minimum Gasteiger partial charge on any atom is -0.347 e. The van der Waals surface area contributed by atoms with Gasteiger partial charge in [-0.1, -0.05) is 23.8 Å². The van der Waals surface area contributed by atoms with Crippen LogP contribution in [0.1, 0.15) is 42.2 Å². The zero-order valence-corrected chi connectivity index (χ0v) is 18.0. The minimum absolute atomic E-state index is 0.0188. The summed E-state index contributed by atoms with van der Waals surface area (Å²) in [5, 5.41) is 4.82. The van der Waals surface area contributed by atoms with E-state index in [0.717, 1.165) is 42.1 Å². The van der Waals surface area contributed by atoms with E-state index in [0.29, 0.717) is 12.8 Å². The van der Waals surface area contributed by atoms with Crippen molar-refractivity contribution in [3.63, 3.8) is 0 Å². The minimum atomic E-state index is -0.394. The van der Waals surface area contributed by atoms with Crippen molar-refractivity contribution < 1.29 is 14.4 Å². The molecule has 2 aromatic rings. The van der Waals surface area contributed by atoms with Crippen LogP contribution in [0.5, 0.6) is 0 Å². The number of nitrogens with zero attached hydrogens (tertiary/aromatic N) is 2. The zero-order chi connectivity index (χ0) is 21.1. The summed E-state index contributed by atoms with van der Waals surface area (Å²) in [7, 11) is 0. The Hall–Kier alpha value is -2.67. The van der Waals surface area contributed by atoms with Crippen molar-refractivity contribution in [2.75, 3.05) is 24.5 Å². The number of thiophene rings is 1.